The minimum atomic E-state index is -0.645. The third-order valence-corrected chi connectivity index (χ3v) is 2.66. The van der Waals surface area contributed by atoms with Crippen molar-refractivity contribution in [1.82, 2.24) is 5.43 Å². The van der Waals surface area contributed by atoms with Crippen molar-refractivity contribution in [2.45, 2.75) is 0 Å². The van der Waals surface area contributed by atoms with Gasteiger partial charge in [0.2, 0.25) is 0 Å². The average Bonchev–Trinajstić information content (AvgIpc) is 2.48. The summed E-state index contributed by atoms with van der Waals surface area (Å²) in [7, 11) is 0. The quantitative estimate of drug-likeness (QED) is 0.390. The van der Waals surface area contributed by atoms with Gasteiger partial charge in [0.25, 0.3) is 11.6 Å². The van der Waals surface area contributed by atoms with E-state index in [0.29, 0.717) is 5.56 Å². The lowest BCUT2D eigenvalue weighted by Gasteiger charge is -2.02. The largest absolute Gasteiger partial charge is 0.399 e. The molecule has 0 fully saturated rings. The number of halogens is 1. The van der Waals surface area contributed by atoms with E-state index in [0.717, 1.165) is 12.1 Å². The molecule has 2 aromatic rings. The molecule has 112 valence electrons. The van der Waals surface area contributed by atoms with Gasteiger partial charge in [0, 0.05) is 17.8 Å². The van der Waals surface area contributed by atoms with Gasteiger partial charge < -0.3 is 5.73 Å². The molecule has 0 aliphatic heterocycles. The number of nitrogens with two attached hydrogens (primary N) is 1. The maximum absolute atomic E-state index is 12.7. The highest BCUT2D eigenvalue weighted by Crippen LogP contribution is 2.18. The lowest BCUT2D eigenvalue weighted by Crippen LogP contribution is -2.18. The zero-order chi connectivity index (χ0) is 16.1. The van der Waals surface area contributed by atoms with Crippen molar-refractivity contribution in [1.29, 1.82) is 0 Å². The molecule has 0 spiro atoms. The van der Waals surface area contributed by atoms with Crippen molar-refractivity contribution in [3.8, 4) is 0 Å². The third-order valence-electron chi connectivity index (χ3n) is 2.66. The van der Waals surface area contributed by atoms with Gasteiger partial charge in [0.15, 0.2) is 0 Å². The van der Waals surface area contributed by atoms with E-state index >= 15 is 0 Å². The molecule has 0 aliphatic carbocycles. The van der Waals surface area contributed by atoms with Gasteiger partial charge in [-0.1, -0.05) is 12.1 Å². The van der Waals surface area contributed by atoms with Crippen LogP contribution in [0.25, 0.3) is 0 Å². The minimum absolute atomic E-state index is 0.0166. The first-order chi connectivity index (χ1) is 10.5. The molecule has 2 rings (SSSR count). The summed E-state index contributed by atoms with van der Waals surface area (Å²) >= 11 is 0. The number of rotatable bonds is 4. The van der Waals surface area contributed by atoms with Crippen LogP contribution in [-0.4, -0.2) is 17.0 Å². The molecule has 0 bridgehead atoms. The molecule has 0 unspecified atom stereocenters. The SMILES string of the molecule is Nc1cc(C(=O)N/N=C\c2ccc(F)cc2)cc([N+](=O)[O-])c1. The van der Waals surface area contributed by atoms with Crippen molar-refractivity contribution in [3.63, 3.8) is 0 Å². The summed E-state index contributed by atoms with van der Waals surface area (Å²) in [5, 5.41) is 14.4. The van der Waals surface area contributed by atoms with E-state index in [9.17, 15) is 19.3 Å². The maximum atomic E-state index is 12.7. The standard InChI is InChI=1S/C14H11FN4O3/c15-11-3-1-9(2-4-11)8-17-18-14(20)10-5-12(16)7-13(6-10)19(21)22/h1-8H,16H2,(H,18,20)/b17-8-. The highest BCUT2D eigenvalue weighted by atomic mass is 19.1. The predicted octanol–water partition coefficient (Wildman–Crippen LogP) is 2.08. The molecule has 2 aromatic carbocycles. The molecule has 0 radical (unpaired) electrons. The number of carbonyl (C=O) groups is 1. The Balaban J connectivity index is 2.09. The van der Waals surface area contributed by atoms with E-state index in [1.165, 1.54) is 36.5 Å². The molecule has 0 aliphatic rings. The number of nitro groups is 1. The molecule has 8 heteroatoms. The van der Waals surface area contributed by atoms with Gasteiger partial charge in [0.1, 0.15) is 5.82 Å². The summed E-state index contributed by atoms with van der Waals surface area (Å²) in [6, 6.07) is 9.02. The molecule has 0 saturated heterocycles. The van der Waals surface area contributed by atoms with Gasteiger partial charge >= 0.3 is 0 Å². The van der Waals surface area contributed by atoms with Crippen LogP contribution in [0, 0.1) is 15.9 Å². The molecular weight excluding hydrogens is 291 g/mol. The Morgan fingerprint density at radius 2 is 1.95 bits per heavy atom. The summed E-state index contributed by atoms with van der Waals surface area (Å²) in [6.45, 7) is 0. The lowest BCUT2D eigenvalue weighted by molar-refractivity contribution is -0.384. The second-order valence-electron chi connectivity index (χ2n) is 4.32. The van der Waals surface area contributed by atoms with Gasteiger partial charge in [0.05, 0.1) is 16.7 Å². The number of carbonyl (C=O) groups excluding carboxylic acids is 1. The zero-order valence-corrected chi connectivity index (χ0v) is 11.2. The zero-order valence-electron chi connectivity index (χ0n) is 11.2. The maximum Gasteiger partial charge on any atom is 0.272 e. The van der Waals surface area contributed by atoms with Crippen molar-refractivity contribution >= 4 is 23.5 Å². The molecule has 22 heavy (non-hydrogen) atoms. The molecular formula is C14H11FN4O3. The highest BCUT2D eigenvalue weighted by Gasteiger charge is 2.13. The Hall–Kier alpha value is -3.29. The topological polar surface area (TPSA) is 111 Å². The van der Waals surface area contributed by atoms with Gasteiger partial charge in [-0.2, -0.15) is 5.10 Å². The summed E-state index contributed by atoms with van der Waals surface area (Å²) < 4.78 is 12.7. The number of hydrazone groups is 1. The van der Waals surface area contributed by atoms with Crippen LogP contribution in [0.3, 0.4) is 0 Å². The fourth-order valence-corrected chi connectivity index (χ4v) is 1.65. The Labute approximate surface area is 124 Å². The summed E-state index contributed by atoms with van der Waals surface area (Å²) in [5.74, 6) is -1.03. The van der Waals surface area contributed by atoms with Crippen LogP contribution in [0.4, 0.5) is 15.8 Å². The smallest absolute Gasteiger partial charge is 0.272 e. The summed E-state index contributed by atoms with van der Waals surface area (Å²) in [5.41, 5.74) is 8.14. The van der Waals surface area contributed by atoms with E-state index in [1.807, 2.05) is 0 Å². The van der Waals surface area contributed by atoms with E-state index in [2.05, 4.69) is 10.5 Å². The third kappa shape index (κ3) is 3.85. The van der Waals surface area contributed by atoms with Crippen molar-refractivity contribution in [2.75, 3.05) is 5.73 Å². The van der Waals surface area contributed by atoms with Crippen LogP contribution in [0.15, 0.2) is 47.6 Å². The van der Waals surface area contributed by atoms with Gasteiger partial charge in [-0.05, 0) is 23.8 Å². The van der Waals surface area contributed by atoms with Gasteiger partial charge in [-0.15, -0.1) is 0 Å². The number of amides is 1. The first-order valence-electron chi connectivity index (χ1n) is 6.09. The van der Waals surface area contributed by atoms with Crippen molar-refractivity contribution in [3.05, 3.63) is 69.5 Å². The Bertz CT molecular complexity index is 744. The first-order valence-corrected chi connectivity index (χ1v) is 6.09. The lowest BCUT2D eigenvalue weighted by atomic mass is 10.1. The minimum Gasteiger partial charge on any atom is -0.399 e. The van der Waals surface area contributed by atoms with Crippen molar-refractivity contribution in [2.24, 2.45) is 5.10 Å². The Morgan fingerprint density at radius 3 is 2.59 bits per heavy atom. The van der Waals surface area contributed by atoms with E-state index in [-0.39, 0.29) is 22.8 Å². The molecule has 0 saturated carbocycles. The number of nitro benzene ring substituents is 1. The van der Waals surface area contributed by atoms with Crippen LogP contribution < -0.4 is 11.2 Å². The van der Waals surface area contributed by atoms with E-state index < -0.39 is 10.8 Å². The number of nitrogens with one attached hydrogen (secondary N) is 1. The molecule has 0 atom stereocenters. The molecule has 1 amide bonds. The van der Waals surface area contributed by atoms with Crippen molar-refractivity contribution < 1.29 is 14.1 Å². The first kappa shape index (κ1) is 15.1. The Kier molecular flexibility index (Phi) is 4.42. The average molecular weight is 302 g/mol. The fourth-order valence-electron chi connectivity index (χ4n) is 1.65. The predicted molar refractivity (Wildman–Crippen MR) is 79.0 cm³/mol. The van der Waals surface area contributed by atoms with Gasteiger partial charge in [-0.25, -0.2) is 9.82 Å². The number of nitrogen functional groups attached to an aromatic ring is 1. The van der Waals surface area contributed by atoms with Crippen LogP contribution in [-0.2, 0) is 0 Å². The monoisotopic (exact) mass is 302 g/mol. The number of anilines is 1. The van der Waals surface area contributed by atoms with Gasteiger partial charge in [-0.3, -0.25) is 14.9 Å². The Morgan fingerprint density at radius 1 is 1.27 bits per heavy atom. The number of non-ortho nitro benzene ring substituents is 1. The van der Waals surface area contributed by atoms with Crippen LogP contribution in [0.5, 0.6) is 0 Å². The van der Waals surface area contributed by atoms with Crippen LogP contribution in [0.1, 0.15) is 15.9 Å². The molecule has 0 heterocycles. The van der Waals surface area contributed by atoms with Crippen LogP contribution >= 0.6 is 0 Å². The molecule has 3 N–H and O–H groups in total. The summed E-state index contributed by atoms with van der Waals surface area (Å²) in [4.78, 5) is 21.9. The molecule has 7 nitrogen and oxygen atoms in total. The van der Waals surface area contributed by atoms with E-state index in [1.54, 1.807) is 0 Å². The highest BCUT2D eigenvalue weighted by molar-refractivity contribution is 5.96. The number of hydrogen-bond donors (Lipinski definition) is 2. The normalized spacial score (nSPS) is 10.6. The number of hydrogen-bond acceptors (Lipinski definition) is 5. The fraction of sp³-hybridized carbons (Fsp3) is 0. The van der Waals surface area contributed by atoms with Crippen LogP contribution in [0.2, 0.25) is 0 Å². The number of benzene rings is 2. The second-order valence-corrected chi connectivity index (χ2v) is 4.32. The van der Waals surface area contributed by atoms with E-state index in [4.69, 9.17) is 5.73 Å². The summed E-state index contributed by atoms with van der Waals surface area (Å²) in [6.07, 6.45) is 1.32. The molecule has 0 aromatic heterocycles. The number of nitrogens with zero attached hydrogens (tertiary/aromatic N) is 2. The second kappa shape index (κ2) is 6.44.